The van der Waals surface area contributed by atoms with Gasteiger partial charge in [0.25, 0.3) is 0 Å². The van der Waals surface area contributed by atoms with E-state index in [0.717, 1.165) is 30.8 Å². The quantitative estimate of drug-likeness (QED) is 0.763. The Morgan fingerprint density at radius 2 is 1.71 bits per heavy atom. The van der Waals surface area contributed by atoms with Crippen LogP contribution in [-0.2, 0) is 17.5 Å². The molecule has 1 amide bonds. The molecule has 0 bridgehead atoms. The highest BCUT2D eigenvalue weighted by atomic mass is 35.5. The number of alkyl halides is 3. The summed E-state index contributed by atoms with van der Waals surface area (Å²) in [6, 6.07) is 8.64. The molecular formula is C19H20ClF3N4O. The van der Waals surface area contributed by atoms with Crippen molar-refractivity contribution in [1.29, 1.82) is 0 Å². The lowest BCUT2D eigenvalue weighted by atomic mass is 10.1. The number of carbonyl (C=O) groups is 1. The van der Waals surface area contributed by atoms with Crippen molar-refractivity contribution in [3.63, 3.8) is 0 Å². The molecule has 1 aliphatic heterocycles. The lowest BCUT2D eigenvalue weighted by Gasteiger charge is -2.34. The van der Waals surface area contributed by atoms with Crippen LogP contribution in [0.4, 0.5) is 18.9 Å². The minimum Gasteiger partial charge on any atom is -0.322 e. The normalized spacial score (nSPS) is 16.1. The van der Waals surface area contributed by atoms with E-state index in [2.05, 4.69) is 15.2 Å². The largest absolute Gasteiger partial charge is 0.416 e. The van der Waals surface area contributed by atoms with E-state index in [1.807, 2.05) is 4.90 Å². The van der Waals surface area contributed by atoms with E-state index in [1.165, 1.54) is 12.1 Å². The fraction of sp³-hybridized carbons (Fsp3) is 0.368. The van der Waals surface area contributed by atoms with Gasteiger partial charge in [0.05, 0.1) is 17.8 Å². The molecule has 0 unspecified atom stereocenters. The van der Waals surface area contributed by atoms with Gasteiger partial charge in [0.15, 0.2) is 5.15 Å². The van der Waals surface area contributed by atoms with Crippen LogP contribution in [0.15, 0.2) is 42.6 Å². The second kappa shape index (κ2) is 8.89. The molecule has 3 rings (SSSR count). The first kappa shape index (κ1) is 20.6. The fourth-order valence-electron chi connectivity index (χ4n) is 3.03. The molecule has 2 aromatic rings. The van der Waals surface area contributed by atoms with E-state index in [9.17, 15) is 18.0 Å². The molecule has 5 nitrogen and oxygen atoms in total. The number of nitrogens with zero attached hydrogens (tertiary/aromatic N) is 3. The van der Waals surface area contributed by atoms with Crippen molar-refractivity contribution in [3.8, 4) is 0 Å². The summed E-state index contributed by atoms with van der Waals surface area (Å²) >= 11 is 5.93. The Labute approximate surface area is 166 Å². The van der Waals surface area contributed by atoms with E-state index in [1.54, 1.807) is 18.3 Å². The third-order valence-corrected chi connectivity index (χ3v) is 4.85. The molecule has 1 aromatic carbocycles. The predicted molar refractivity (Wildman–Crippen MR) is 101 cm³/mol. The summed E-state index contributed by atoms with van der Waals surface area (Å²) < 4.78 is 37.9. The van der Waals surface area contributed by atoms with Gasteiger partial charge in [-0.1, -0.05) is 23.7 Å². The Bertz CT molecular complexity index is 806. The minimum atomic E-state index is -4.31. The van der Waals surface area contributed by atoms with Crippen LogP contribution < -0.4 is 5.32 Å². The summed E-state index contributed by atoms with van der Waals surface area (Å²) in [5.41, 5.74) is 0.682. The van der Waals surface area contributed by atoms with Gasteiger partial charge in [0, 0.05) is 38.9 Å². The summed E-state index contributed by atoms with van der Waals surface area (Å²) in [5, 5.41) is 2.99. The van der Waals surface area contributed by atoms with Crippen LogP contribution in [0.1, 0.15) is 11.1 Å². The average molecular weight is 413 g/mol. The topological polar surface area (TPSA) is 48.5 Å². The van der Waals surface area contributed by atoms with E-state index < -0.39 is 11.7 Å². The van der Waals surface area contributed by atoms with Gasteiger partial charge in [-0.2, -0.15) is 13.2 Å². The number of halogens is 4. The molecule has 0 aliphatic carbocycles. The molecule has 1 fully saturated rings. The van der Waals surface area contributed by atoms with Crippen molar-refractivity contribution in [1.82, 2.24) is 14.8 Å². The molecule has 1 saturated heterocycles. The number of rotatable bonds is 5. The molecule has 0 atom stereocenters. The summed E-state index contributed by atoms with van der Waals surface area (Å²) in [6.07, 6.45) is -2.77. The first-order valence-electron chi connectivity index (χ1n) is 8.82. The van der Waals surface area contributed by atoms with Crippen LogP contribution in [0.5, 0.6) is 0 Å². The van der Waals surface area contributed by atoms with Crippen LogP contribution in [0.25, 0.3) is 0 Å². The standard InChI is InChI=1S/C19H20ClF3N4O/c20-18-16(2-1-7-24-18)25-17(28)13-27-10-8-26(9-11-27)12-14-3-5-15(6-4-14)19(21,22)23/h1-7H,8-13H2,(H,25,28). The van der Waals surface area contributed by atoms with Gasteiger partial charge in [-0.3, -0.25) is 14.6 Å². The number of carbonyl (C=O) groups excluding carboxylic acids is 1. The summed E-state index contributed by atoms with van der Waals surface area (Å²) in [5.74, 6) is -0.161. The number of anilines is 1. The van der Waals surface area contributed by atoms with E-state index in [4.69, 9.17) is 11.6 Å². The number of amides is 1. The maximum Gasteiger partial charge on any atom is 0.416 e. The summed E-state index contributed by atoms with van der Waals surface area (Å²) in [7, 11) is 0. The number of hydrogen-bond acceptors (Lipinski definition) is 4. The van der Waals surface area contributed by atoms with Crippen LogP contribution in [0.3, 0.4) is 0 Å². The molecule has 1 aliphatic rings. The molecule has 9 heteroatoms. The average Bonchev–Trinajstić information content (AvgIpc) is 2.65. The van der Waals surface area contributed by atoms with Crippen LogP contribution in [0.2, 0.25) is 5.15 Å². The molecule has 0 radical (unpaired) electrons. The van der Waals surface area contributed by atoms with Crippen LogP contribution in [0, 0.1) is 0 Å². The lowest BCUT2D eigenvalue weighted by Crippen LogP contribution is -2.48. The fourth-order valence-corrected chi connectivity index (χ4v) is 3.20. The molecule has 2 heterocycles. The van der Waals surface area contributed by atoms with Gasteiger partial charge in [-0.25, -0.2) is 4.98 Å². The van der Waals surface area contributed by atoms with E-state index >= 15 is 0 Å². The number of benzene rings is 1. The Morgan fingerprint density at radius 1 is 1.07 bits per heavy atom. The zero-order valence-electron chi connectivity index (χ0n) is 15.0. The SMILES string of the molecule is O=C(CN1CCN(Cc2ccc(C(F)(F)F)cc2)CC1)Nc1cccnc1Cl. The first-order valence-corrected chi connectivity index (χ1v) is 9.20. The molecule has 1 aromatic heterocycles. The third kappa shape index (κ3) is 5.67. The van der Waals surface area contributed by atoms with Gasteiger partial charge in [0.2, 0.25) is 5.91 Å². The zero-order valence-corrected chi connectivity index (χ0v) is 15.8. The van der Waals surface area contributed by atoms with Crippen molar-refractivity contribution < 1.29 is 18.0 Å². The number of piperazine rings is 1. The van der Waals surface area contributed by atoms with Crippen molar-refractivity contribution in [2.45, 2.75) is 12.7 Å². The van der Waals surface area contributed by atoms with Gasteiger partial charge in [-0.15, -0.1) is 0 Å². The highest BCUT2D eigenvalue weighted by Crippen LogP contribution is 2.29. The first-order chi connectivity index (χ1) is 13.3. The van der Waals surface area contributed by atoms with Crippen LogP contribution >= 0.6 is 11.6 Å². The lowest BCUT2D eigenvalue weighted by molar-refractivity contribution is -0.137. The second-order valence-corrected chi connectivity index (χ2v) is 6.99. The molecular weight excluding hydrogens is 393 g/mol. The maximum absolute atomic E-state index is 12.6. The maximum atomic E-state index is 12.6. The summed E-state index contributed by atoms with van der Waals surface area (Å²) in [4.78, 5) is 20.3. The number of nitrogens with one attached hydrogen (secondary N) is 1. The molecule has 0 saturated carbocycles. The Morgan fingerprint density at radius 3 is 2.32 bits per heavy atom. The molecule has 28 heavy (non-hydrogen) atoms. The van der Waals surface area contributed by atoms with Crippen LogP contribution in [-0.4, -0.2) is 53.4 Å². The van der Waals surface area contributed by atoms with Gasteiger partial charge < -0.3 is 5.32 Å². The zero-order chi connectivity index (χ0) is 20.1. The van der Waals surface area contributed by atoms with Crippen molar-refractivity contribution in [2.24, 2.45) is 0 Å². The van der Waals surface area contributed by atoms with Gasteiger partial charge in [0.1, 0.15) is 0 Å². The highest BCUT2D eigenvalue weighted by Gasteiger charge is 2.30. The second-order valence-electron chi connectivity index (χ2n) is 6.64. The Hall–Kier alpha value is -2.16. The van der Waals surface area contributed by atoms with Gasteiger partial charge in [-0.05, 0) is 29.8 Å². The monoisotopic (exact) mass is 412 g/mol. The van der Waals surface area contributed by atoms with E-state index in [-0.39, 0.29) is 17.6 Å². The van der Waals surface area contributed by atoms with E-state index in [0.29, 0.717) is 25.3 Å². The number of hydrogen-bond donors (Lipinski definition) is 1. The van der Waals surface area contributed by atoms with Crippen molar-refractivity contribution in [3.05, 3.63) is 58.9 Å². The molecule has 150 valence electrons. The van der Waals surface area contributed by atoms with Gasteiger partial charge >= 0.3 is 6.18 Å². The minimum absolute atomic E-state index is 0.161. The molecule has 1 N–H and O–H groups in total. The highest BCUT2D eigenvalue weighted by molar-refractivity contribution is 6.32. The molecule has 0 spiro atoms. The predicted octanol–water partition coefficient (Wildman–Crippen LogP) is 3.51. The Balaban J connectivity index is 1.44. The third-order valence-electron chi connectivity index (χ3n) is 4.55. The smallest absolute Gasteiger partial charge is 0.322 e. The number of aromatic nitrogens is 1. The number of pyridine rings is 1. The summed E-state index contributed by atoms with van der Waals surface area (Å²) in [6.45, 7) is 3.72. The Kier molecular flexibility index (Phi) is 6.53. The van der Waals surface area contributed by atoms with Crippen molar-refractivity contribution in [2.75, 3.05) is 38.0 Å². The van der Waals surface area contributed by atoms with Crippen molar-refractivity contribution >= 4 is 23.2 Å².